The lowest BCUT2D eigenvalue weighted by Gasteiger charge is -2.25. The fraction of sp³-hybridized carbons (Fsp3) is 0.474. The number of benzene rings is 1. The van der Waals surface area contributed by atoms with Gasteiger partial charge >= 0.3 is 0 Å². The number of hydrogen-bond acceptors (Lipinski definition) is 5. The van der Waals surface area contributed by atoms with E-state index in [1.807, 2.05) is 30.3 Å². The second-order valence-electron chi connectivity index (χ2n) is 6.59. The number of amides is 1. The van der Waals surface area contributed by atoms with Gasteiger partial charge < -0.3 is 10.4 Å². The Kier molecular flexibility index (Phi) is 8.70. The SMILES string of the molecule is CC(C)(CO)C(N=O)C(=O)NCC/C=C/C(=O)CCc1ccccc1. The van der Waals surface area contributed by atoms with Crippen molar-refractivity contribution >= 4 is 11.7 Å². The molecule has 0 aliphatic carbocycles. The summed E-state index contributed by atoms with van der Waals surface area (Å²) in [6.45, 7) is 3.19. The van der Waals surface area contributed by atoms with E-state index in [9.17, 15) is 19.6 Å². The first-order valence-electron chi connectivity index (χ1n) is 8.35. The van der Waals surface area contributed by atoms with Gasteiger partial charge in [0.05, 0.1) is 6.61 Å². The maximum atomic E-state index is 11.9. The number of hydrogen-bond donors (Lipinski definition) is 2. The van der Waals surface area contributed by atoms with Crippen LogP contribution in [0.1, 0.15) is 32.3 Å². The predicted octanol–water partition coefficient (Wildman–Crippen LogP) is 2.40. The van der Waals surface area contributed by atoms with Crippen LogP contribution in [0.25, 0.3) is 0 Å². The standard InChI is InChI=1S/C19H26N2O4/c1-19(2,14-22)17(21-25)18(24)20-13-7-6-10-16(23)12-11-15-8-4-3-5-9-15/h3-6,8-10,17,22H,7,11-14H2,1-2H3,(H,20,24)/b10-6+. The lowest BCUT2D eigenvalue weighted by atomic mass is 9.85. The van der Waals surface area contributed by atoms with Gasteiger partial charge in [0, 0.05) is 18.4 Å². The second kappa shape index (κ2) is 10.5. The van der Waals surface area contributed by atoms with E-state index in [1.165, 1.54) is 6.08 Å². The summed E-state index contributed by atoms with van der Waals surface area (Å²) in [5.41, 5.74) is 0.213. The highest BCUT2D eigenvalue weighted by Gasteiger charge is 2.35. The van der Waals surface area contributed by atoms with Crippen molar-refractivity contribution in [3.63, 3.8) is 0 Å². The van der Waals surface area contributed by atoms with Crippen molar-refractivity contribution in [2.45, 2.75) is 39.2 Å². The summed E-state index contributed by atoms with van der Waals surface area (Å²) in [5, 5.41) is 14.6. The molecule has 0 saturated carbocycles. The van der Waals surface area contributed by atoms with E-state index in [0.29, 0.717) is 25.8 Å². The maximum Gasteiger partial charge on any atom is 0.249 e. The lowest BCUT2D eigenvalue weighted by Crippen LogP contribution is -2.44. The summed E-state index contributed by atoms with van der Waals surface area (Å²) >= 11 is 0. The molecule has 1 atom stereocenters. The number of aryl methyl sites for hydroxylation is 1. The Hall–Kier alpha value is -2.34. The monoisotopic (exact) mass is 346 g/mol. The third kappa shape index (κ3) is 7.39. The van der Waals surface area contributed by atoms with Crippen LogP contribution in [0.2, 0.25) is 0 Å². The molecule has 0 saturated heterocycles. The third-order valence-electron chi connectivity index (χ3n) is 3.92. The van der Waals surface area contributed by atoms with E-state index in [4.69, 9.17) is 0 Å². The number of carbonyl (C=O) groups is 2. The van der Waals surface area contributed by atoms with E-state index in [-0.39, 0.29) is 12.4 Å². The lowest BCUT2D eigenvalue weighted by molar-refractivity contribution is -0.125. The average Bonchev–Trinajstić information content (AvgIpc) is 2.61. The number of carbonyl (C=O) groups excluding carboxylic acids is 2. The largest absolute Gasteiger partial charge is 0.396 e. The molecule has 0 aliphatic rings. The number of rotatable bonds is 11. The zero-order valence-electron chi connectivity index (χ0n) is 14.8. The zero-order valence-corrected chi connectivity index (χ0v) is 14.8. The molecule has 0 fully saturated rings. The van der Waals surface area contributed by atoms with Gasteiger partial charge in [-0.15, -0.1) is 4.91 Å². The van der Waals surface area contributed by atoms with Crippen molar-refractivity contribution in [3.05, 3.63) is 53.0 Å². The molecule has 1 amide bonds. The van der Waals surface area contributed by atoms with Gasteiger partial charge in [-0.2, -0.15) is 0 Å². The molecule has 6 nitrogen and oxygen atoms in total. The van der Waals surface area contributed by atoms with Gasteiger partial charge in [0.15, 0.2) is 11.8 Å². The van der Waals surface area contributed by atoms with Crippen molar-refractivity contribution in [3.8, 4) is 0 Å². The Morgan fingerprint density at radius 1 is 1.28 bits per heavy atom. The van der Waals surface area contributed by atoms with Crippen molar-refractivity contribution in [2.24, 2.45) is 10.6 Å². The molecule has 136 valence electrons. The second-order valence-corrected chi connectivity index (χ2v) is 6.59. The Balaban J connectivity index is 2.29. The minimum atomic E-state index is -1.14. The summed E-state index contributed by atoms with van der Waals surface area (Å²) in [6, 6.07) is 8.64. The molecule has 1 aromatic carbocycles. The highest BCUT2D eigenvalue weighted by Crippen LogP contribution is 2.22. The Morgan fingerprint density at radius 3 is 2.56 bits per heavy atom. The molecule has 0 aliphatic heterocycles. The van der Waals surface area contributed by atoms with Gasteiger partial charge in [-0.05, 0) is 24.5 Å². The van der Waals surface area contributed by atoms with E-state index in [0.717, 1.165) is 5.56 Å². The summed E-state index contributed by atoms with van der Waals surface area (Å²) in [6.07, 6.45) is 4.84. The molecular weight excluding hydrogens is 320 g/mol. The molecule has 25 heavy (non-hydrogen) atoms. The Labute approximate surface area is 148 Å². The number of nitroso groups, excluding NO2 is 1. The normalized spacial score (nSPS) is 12.8. The first-order valence-corrected chi connectivity index (χ1v) is 8.35. The number of nitrogens with zero attached hydrogens (tertiary/aromatic N) is 1. The van der Waals surface area contributed by atoms with Gasteiger partial charge in [-0.3, -0.25) is 9.59 Å². The van der Waals surface area contributed by atoms with Crippen LogP contribution in [0.3, 0.4) is 0 Å². The third-order valence-corrected chi connectivity index (χ3v) is 3.92. The molecule has 2 N–H and O–H groups in total. The van der Waals surface area contributed by atoms with Crippen LogP contribution in [0.15, 0.2) is 47.7 Å². The fourth-order valence-electron chi connectivity index (χ4n) is 2.22. The molecule has 0 spiro atoms. The summed E-state index contributed by atoms with van der Waals surface area (Å²) in [7, 11) is 0. The molecule has 0 heterocycles. The first kappa shape index (κ1) is 20.7. The number of allylic oxidation sites excluding steroid dienone is 1. The zero-order chi connectivity index (χ0) is 18.7. The fourth-order valence-corrected chi connectivity index (χ4v) is 2.22. The van der Waals surface area contributed by atoms with Crippen LogP contribution in [0.4, 0.5) is 0 Å². The van der Waals surface area contributed by atoms with Gasteiger partial charge in [0.25, 0.3) is 0 Å². The first-order chi connectivity index (χ1) is 11.9. The summed E-state index contributed by atoms with van der Waals surface area (Å²) in [4.78, 5) is 34.5. The molecule has 0 radical (unpaired) electrons. The Morgan fingerprint density at radius 2 is 1.96 bits per heavy atom. The van der Waals surface area contributed by atoms with Gasteiger partial charge in [-0.1, -0.05) is 55.4 Å². The van der Waals surface area contributed by atoms with Crippen molar-refractivity contribution in [2.75, 3.05) is 13.2 Å². The van der Waals surface area contributed by atoms with E-state index < -0.39 is 17.4 Å². The molecule has 1 aromatic rings. The van der Waals surface area contributed by atoms with Crippen molar-refractivity contribution in [1.82, 2.24) is 5.32 Å². The van der Waals surface area contributed by atoms with Gasteiger partial charge in [-0.25, -0.2) is 0 Å². The minimum Gasteiger partial charge on any atom is -0.396 e. The summed E-state index contributed by atoms with van der Waals surface area (Å²) < 4.78 is 0. The molecule has 1 rings (SSSR count). The smallest absolute Gasteiger partial charge is 0.249 e. The highest BCUT2D eigenvalue weighted by molar-refractivity contribution is 5.89. The molecule has 6 heteroatoms. The van der Waals surface area contributed by atoms with Crippen LogP contribution in [-0.4, -0.2) is 36.0 Å². The highest BCUT2D eigenvalue weighted by atomic mass is 16.3. The van der Waals surface area contributed by atoms with Gasteiger partial charge in [0.1, 0.15) is 0 Å². The van der Waals surface area contributed by atoms with Crippen LogP contribution in [0, 0.1) is 10.3 Å². The van der Waals surface area contributed by atoms with Crippen molar-refractivity contribution in [1.29, 1.82) is 0 Å². The average molecular weight is 346 g/mol. The van der Waals surface area contributed by atoms with Crippen molar-refractivity contribution < 1.29 is 14.7 Å². The van der Waals surface area contributed by atoms with E-state index >= 15 is 0 Å². The van der Waals surface area contributed by atoms with Crippen LogP contribution in [0.5, 0.6) is 0 Å². The number of ketones is 1. The van der Waals surface area contributed by atoms with Crippen LogP contribution < -0.4 is 5.32 Å². The molecule has 0 bridgehead atoms. The number of aliphatic hydroxyl groups excluding tert-OH is 1. The molecule has 0 aromatic heterocycles. The topological polar surface area (TPSA) is 95.8 Å². The minimum absolute atomic E-state index is 0.0315. The molecule has 1 unspecified atom stereocenters. The van der Waals surface area contributed by atoms with Gasteiger partial charge in [0.2, 0.25) is 5.91 Å². The van der Waals surface area contributed by atoms with E-state index in [1.54, 1.807) is 19.9 Å². The van der Waals surface area contributed by atoms with Crippen LogP contribution >= 0.6 is 0 Å². The summed E-state index contributed by atoms with van der Waals surface area (Å²) in [5.74, 6) is -0.484. The van der Waals surface area contributed by atoms with Crippen LogP contribution in [-0.2, 0) is 16.0 Å². The number of aliphatic hydroxyl groups is 1. The quantitative estimate of drug-likeness (QED) is 0.365. The maximum absolute atomic E-state index is 11.9. The number of nitrogens with one attached hydrogen (secondary N) is 1. The predicted molar refractivity (Wildman–Crippen MR) is 97.0 cm³/mol. The van der Waals surface area contributed by atoms with E-state index in [2.05, 4.69) is 10.5 Å². The molecular formula is C19H26N2O4. The Bertz CT molecular complexity index is 597.